The molecule has 0 atom stereocenters. The van der Waals surface area contributed by atoms with Gasteiger partial charge in [-0.3, -0.25) is 4.79 Å². The van der Waals surface area contributed by atoms with E-state index >= 15 is 0 Å². The van der Waals surface area contributed by atoms with E-state index in [-0.39, 0.29) is 5.91 Å². The Morgan fingerprint density at radius 2 is 2.00 bits per heavy atom. The minimum absolute atomic E-state index is 0.267. The topological polar surface area (TPSA) is 80.0 Å². The van der Waals surface area contributed by atoms with E-state index in [9.17, 15) is 4.79 Å². The molecule has 2 heterocycles. The highest BCUT2D eigenvalue weighted by Gasteiger charge is 2.13. The Morgan fingerprint density at radius 3 is 2.76 bits per heavy atom. The van der Waals surface area contributed by atoms with Gasteiger partial charge in [0.15, 0.2) is 0 Å². The van der Waals surface area contributed by atoms with Crippen molar-refractivity contribution in [3.8, 4) is 0 Å². The van der Waals surface area contributed by atoms with Crippen LogP contribution in [0.2, 0.25) is 0 Å². The average Bonchev–Trinajstić information content (AvgIpc) is 3.14. The molecule has 0 aliphatic rings. The van der Waals surface area contributed by atoms with Crippen LogP contribution in [0.4, 0.5) is 11.6 Å². The van der Waals surface area contributed by atoms with Gasteiger partial charge < -0.3 is 15.1 Å². The molecule has 0 aliphatic heterocycles. The highest BCUT2D eigenvalue weighted by Crippen LogP contribution is 2.24. The molecule has 1 amide bonds. The Hall–Kier alpha value is -3.15. The number of hydrogen-bond acceptors (Lipinski definition) is 5. The third kappa shape index (κ3) is 4.23. The third-order valence-corrected chi connectivity index (χ3v) is 3.72. The van der Waals surface area contributed by atoms with Crippen molar-refractivity contribution in [2.45, 2.75) is 26.3 Å². The van der Waals surface area contributed by atoms with Crippen molar-refractivity contribution in [1.29, 1.82) is 0 Å². The summed E-state index contributed by atoms with van der Waals surface area (Å²) in [6.45, 7) is 4.63. The van der Waals surface area contributed by atoms with Gasteiger partial charge in [-0.05, 0) is 35.7 Å². The second-order valence-corrected chi connectivity index (χ2v) is 5.89. The molecule has 3 rings (SSSR count). The minimum atomic E-state index is -0.267. The number of para-hydroxylation sites is 1. The first-order chi connectivity index (χ1) is 12.1. The molecular formula is C19H20N4O2. The Labute approximate surface area is 146 Å². The Morgan fingerprint density at radius 1 is 1.16 bits per heavy atom. The van der Waals surface area contributed by atoms with Crippen molar-refractivity contribution in [1.82, 2.24) is 9.97 Å². The summed E-state index contributed by atoms with van der Waals surface area (Å²) in [5.41, 5.74) is 2.18. The first-order valence-electron chi connectivity index (χ1n) is 8.13. The van der Waals surface area contributed by atoms with E-state index < -0.39 is 0 Å². The molecule has 0 fully saturated rings. The van der Waals surface area contributed by atoms with E-state index in [2.05, 4.69) is 34.4 Å². The third-order valence-electron chi connectivity index (χ3n) is 3.72. The van der Waals surface area contributed by atoms with Gasteiger partial charge in [0, 0.05) is 11.9 Å². The van der Waals surface area contributed by atoms with Crippen LogP contribution in [0.3, 0.4) is 0 Å². The monoisotopic (exact) mass is 336 g/mol. The molecule has 0 aliphatic carbocycles. The molecule has 3 aromatic rings. The van der Waals surface area contributed by atoms with Crippen LogP contribution in [0.1, 0.15) is 41.6 Å². The fourth-order valence-electron chi connectivity index (χ4n) is 2.45. The van der Waals surface area contributed by atoms with E-state index in [0.717, 1.165) is 17.0 Å². The molecular weight excluding hydrogens is 316 g/mol. The van der Waals surface area contributed by atoms with Crippen molar-refractivity contribution in [2.24, 2.45) is 0 Å². The Balaban J connectivity index is 1.71. The zero-order chi connectivity index (χ0) is 17.6. The van der Waals surface area contributed by atoms with E-state index in [1.807, 2.05) is 36.4 Å². The fourth-order valence-corrected chi connectivity index (χ4v) is 2.45. The highest BCUT2D eigenvalue weighted by atomic mass is 16.3. The minimum Gasteiger partial charge on any atom is -0.467 e. The lowest BCUT2D eigenvalue weighted by Crippen LogP contribution is -2.16. The van der Waals surface area contributed by atoms with Crippen LogP contribution < -0.4 is 10.6 Å². The number of aromatic nitrogens is 2. The molecule has 2 N–H and O–H groups in total. The summed E-state index contributed by atoms with van der Waals surface area (Å²) in [5.74, 6) is 1.19. The first kappa shape index (κ1) is 16.7. The van der Waals surface area contributed by atoms with Gasteiger partial charge in [-0.15, -0.1) is 0 Å². The molecule has 0 spiro atoms. The largest absolute Gasteiger partial charge is 0.467 e. The van der Waals surface area contributed by atoms with Crippen LogP contribution in [-0.4, -0.2) is 15.9 Å². The van der Waals surface area contributed by atoms with Crippen molar-refractivity contribution >= 4 is 17.5 Å². The molecule has 0 saturated carbocycles. The molecule has 0 bridgehead atoms. The van der Waals surface area contributed by atoms with Gasteiger partial charge >= 0.3 is 0 Å². The number of nitrogens with zero attached hydrogens (tertiary/aromatic N) is 2. The lowest BCUT2D eigenvalue weighted by atomic mass is 10.0. The number of amides is 1. The number of rotatable bonds is 6. The number of carbonyl (C=O) groups excluding carboxylic acids is 1. The second-order valence-electron chi connectivity index (χ2n) is 5.89. The van der Waals surface area contributed by atoms with Crippen molar-refractivity contribution in [3.63, 3.8) is 0 Å². The number of hydrogen-bond donors (Lipinski definition) is 2. The molecule has 1 aromatic carbocycles. The van der Waals surface area contributed by atoms with E-state index in [1.165, 1.54) is 0 Å². The molecule has 0 saturated heterocycles. The van der Waals surface area contributed by atoms with Crippen molar-refractivity contribution in [3.05, 3.63) is 71.9 Å². The summed E-state index contributed by atoms with van der Waals surface area (Å²) in [6, 6.07) is 13.0. The van der Waals surface area contributed by atoms with E-state index in [4.69, 9.17) is 4.42 Å². The maximum Gasteiger partial charge on any atom is 0.274 e. The lowest BCUT2D eigenvalue weighted by Gasteiger charge is -2.13. The smallest absolute Gasteiger partial charge is 0.274 e. The maximum absolute atomic E-state index is 12.5. The summed E-state index contributed by atoms with van der Waals surface area (Å²) >= 11 is 0. The number of nitrogens with one attached hydrogen (secondary N) is 2. The molecule has 2 aromatic heterocycles. The summed E-state index contributed by atoms with van der Waals surface area (Å²) in [7, 11) is 0. The average molecular weight is 336 g/mol. The van der Waals surface area contributed by atoms with Crippen LogP contribution in [0, 0.1) is 0 Å². The molecule has 0 radical (unpaired) electrons. The van der Waals surface area contributed by atoms with Gasteiger partial charge in [-0.2, -0.15) is 0 Å². The molecule has 0 unspecified atom stereocenters. The van der Waals surface area contributed by atoms with Gasteiger partial charge in [-0.1, -0.05) is 32.0 Å². The Bertz CT molecular complexity index is 844. The summed E-state index contributed by atoms with van der Waals surface area (Å²) in [5, 5.41) is 5.97. The molecule has 6 nitrogen and oxygen atoms in total. The van der Waals surface area contributed by atoms with E-state index in [0.29, 0.717) is 24.1 Å². The van der Waals surface area contributed by atoms with Crippen LogP contribution in [0.5, 0.6) is 0 Å². The SMILES string of the molecule is CC(C)c1ccccc1NC(=O)c1ccnc(NCc2ccco2)n1. The molecule has 6 heteroatoms. The number of anilines is 2. The Kier molecular flexibility index (Phi) is 5.09. The lowest BCUT2D eigenvalue weighted by molar-refractivity contribution is 0.102. The quantitative estimate of drug-likeness (QED) is 0.709. The normalized spacial score (nSPS) is 10.7. The predicted octanol–water partition coefficient (Wildman–Crippen LogP) is 4.06. The van der Waals surface area contributed by atoms with Gasteiger partial charge in [0.25, 0.3) is 5.91 Å². The maximum atomic E-state index is 12.5. The number of furan rings is 1. The fraction of sp³-hybridized carbons (Fsp3) is 0.211. The van der Waals surface area contributed by atoms with Crippen LogP contribution in [0.25, 0.3) is 0 Å². The summed E-state index contributed by atoms with van der Waals surface area (Å²) in [4.78, 5) is 20.9. The zero-order valence-electron chi connectivity index (χ0n) is 14.2. The van der Waals surface area contributed by atoms with Crippen LogP contribution in [-0.2, 0) is 6.54 Å². The molecule has 128 valence electrons. The zero-order valence-corrected chi connectivity index (χ0v) is 14.2. The highest BCUT2D eigenvalue weighted by molar-refractivity contribution is 6.03. The standard InChI is InChI=1S/C19H20N4O2/c1-13(2)15-7-3-4-8-16(15)22-18(24)17-9-10-20-19(23-17)21-12-14-6-5-11-25-14/h3-11,13H,12H2,1-2H3,(H,22,24)(H,20,21,23). The van der Waals surface area contributed by atoms with Gasteiger partial charge in [-0.25, -0.2) is 9.97 Å². The summed E-state index contributed by atoms with van der Waals surface area (Å²) in [6.07, 6.45) is 3.16. The predicted molar refractivity (Wildman–Crippen MR) is 96.6 cm³/mol. The van der Waals surface area contributed by atoms with Crippen LogP contribution >= 0.6 is 0 Å². The van der Waals surface area contributed by atoms with E-state index in [1.54, 1.807) is 18.5 Å². The van der Waals surface area contributed by atoms with Gasteiger partial charge in [0.1, 0.15) is 11.5 Å². The van der Waals surface area contributed by atoms with Crippen molar-refractivity contribution < 1.29 is 9.21 Å². The van der Waals surface area contributed by atoms with Crippen LogP contribution in [0.15, 0.2) is 59.3 Å². The van der Waals surface area contributed by atoms with Gasteiger partial charge in [0.05, 0.1) is 12.8 Å². The first-order valence-corrected chi connectivity index (χ1v) is 8.13. The van der Waals surface area contributed by atoms with Crippen molar-refractivity contribution in [2.75, 3.05) is 10.6 Å². The number of benzene rings is 1. The molecule has 25 heavy (non-hydrogen) atoms. The van der Waals surface area contributed by atoms with Gasteiger partial charge in [0.2, 0.25) is 5.95 Å². The summed E-state index contributed by atoms with van der Waals surface area (Å²) < 4.78 is 5.25. The second kappa shape index (κ2) is 7.61. The number of carbonyl (C=O) groups is 1.